The maximum atomic E-state index is 14.0. The van der Waals surface area contributed by atoms with Crippen molar-refractivity contribution in [2.24, 2.45) is 23.2 Å². The minimum atomic E-state index is -1.14. The highest BCUT2D eigenvalue weighted by Crippen LogP contribution is 2.48. The van der Waals surface area contributed by atoms with E-state index in [1.54, 1.807) is 0 Å². The van der Waals surface area contributed by atoms with E-state index in [0.717, 1.165) is 30.4 Å². The van der Waals surface area contributed by atoms with Gasteiger partial charge in [-0.2, -0.15) is 0 Å². The van der Waals surface area contributed by atoms with Crippen LogP contribution in [0.1, 0.15) is 97.6 Å². The average molecular weight is 483 g/mol. The maximum absolute atomic E-state index is 14.0. The topological polar surface area (TPSA) is 74.6 Å². The number of allylic oxidation sites excluding steroid dienone is 3. The van der Waals surface area contributed by atoms with Crippen molar-refractivity contribution in [2.45, 2.75) is 99.8 Å². The summed E-state index contributed by atoms with van der Waals surface area (Å²) in [5.74, 6) is 0.0414. The first-order valence-electron chi connectivity index (χ1n) is 13.4. The summed E-state index contributed by atoms with van der Waals surface area (Å²) in [5, 5.41) is 22.7. The van der Waals surface area contributed by atoms with Crippen LogP contribution in [-0.2, 0) is 16.0 Å². The van der Waals surface area contributed by atoms with Gasteiger partial charge in [-0.1, -0.05) is 71.4 Å². The molecule has 0 radical (unpaired) electrons. The Kier molecular flexibility index (Phi) is 10.4. The van der Waals surface area contributed by atoms with Gasteiger partial charge in [-0.15, -0.1) is 0 Å². The summed E-state index contributed by atoms with van der Waals surface area (Å²) in [4.78, 5) is 27.5. The molecular formula is C31H46O4. The zero-order valence-electron chi connectivity index (χ0n) is 22.9. The second-order valence-corrected chi connectivity index (χ2v) is 11.7. The van der Waals surface area contributed by atoms with Gasteiger partial charge in [0.1, 0.15) is 17.1 Å². The van der Waals surface area contributed by atoms with Crippen LogP contribution in [0.15, 0.2) is 46.9 Å². The van der Waals surface area contributed by atoms with E-state index in [1.807, 2.05) is 31.2 Å². The van der Waals surface area contributed by atoms with Gasteiger partial charge in [0.25, 0.3) is 0 Å². The lowest BCUT2D eigenvalue weighted by Gasteiger charge is -2.38. The van der Waals surface area contributed by atoms with E-state index < -0.39 is 11.2 Å². The molecule has 0 aliphatic heterocycles. The molecule has 0 atom stereocenters. The van der Waals surface area contributed by atoms with Crippen LogP contribution >= 0.6 is 0 Å². The fraction of sp³-hybridized carbons (Fsp3) is 0.613. The Morgan fingerprint density at radius 2 is 1.34 bits per heavy atom. The van der Waals surface area contributed by atoms with Crippen molar-refractivity contribution in [3.8, 4) is 0 Å². The SMILES string of the molecule is Cc1ccc(CCC(=O)C2=C(O)C(CCC(C)C)=C(O)C(CCC(C)C)(CCC(C)C)C2=O)cc1. The minimum absolute atomic E-state index is 0.00275. The molecule has 4 nitrogen and oxygen atoms in total. The first-order valence-corrected chi connectivity index (χ1v) is 13.4. The molecule has 0 unspecified atom stereocenters. The normalized spacial score (nSPS) is 16.2. The predicted octanol–water partition coefficient (Wildman–Crippen LogP) is 8.00. The highest BCUT2D eigenvalue weighted by Gasteiger charge is 2.50. The van der Waals surface area contributed by atoms with Gasteiger partial charge in [0.05, 0.1) is 5.41 Å². The summed E-state index contributed by atoms with van der Waals surface area (Å²) in [6.45, 7) is 14.6. The van der Waals surface area contributed by atoms with Crippen molar-refractivity contribution in [1.82, 2.24) is 0 Å². The second-order valence-electron chi connectivity index (χ2n) is 11.7. The molecule has 0 heterocycles. The van der Waals surface area contributed by atoms with Crippen LogP contribution in [0.2, 0.25) is 0 Å². The van der Waals surface area contributed by atoms with Crippen molar-refractivity contribution >= 4 is 11.6 Å². The Labute approximate surface area is 212 Å². The summed E-state index contributed by atoms with van der Waals surface area (Å²) in [5.41, 5.74) is 1.34. The first kappa shape index (κ1) is 28.9. The van der Waals surface area contributed by atoms with E-state index in [-0.39, 0.29) is 29.3 Å². The zero-order valence-corrected chi connectivity index (χ0v) is 22.9. The lowest BCUT2D eigenvalue weighted by molar-refractivity contribution is -0.129. The van der Waals surface area contributed by atoms with Crippen molar-refractivity contribution in [2.75, 3.05) is 0 Å². The Balaban J connectivity index is 2.51. The Morgan fingerprint density at radius 3 is 1.83 bits per heavy atom. The van der Waals surface area contributed by atoms with Crippen molar-refractivity contribution in [3.63, 3.8) is 0 Å². The van der Waals surface area contributed by atoms with Crippen LogP contribution in [0.25, 0.3) is 0 Å². The van der Waals surface area contributed by atoms with Crippen LogP contribution in [-0.4, -0.2) is 21.8 Å². The number of ketones is 2. The molecule has 35 heavy (non-hydrogen) atoms. The summed E-state index contributed by atoms with van der Waals surface area (Å²) in [7, 11) is 0. The molecule has 1 aliphatic rings. The number of aliphatic hydroxyl groups is 2. The van der Waals surface area contributed by atoms with Crippen molar-refractivity contribution in [1.29, 1.82) is 0 Å². The predicted molar refractivity (Wildman–Crippen MR) is 143 cm³/mol. The smallest absolute Gasteiger partial charge is 0.183 e. The molecule has 0 amide bonds. The number of aryl methyl sites for hydroxylation is 2. The fourth-order valence-corrected chi connectivity index (χ4v) is 4.73. The number of carbonyl (C=O) groups is 2. The van der Waals surface area contributed by atoms with Crippen LogP contribution in [0.4, 0.5) is 0 Å². The molecule has 0 bridgehead atoms. The van der Waals surface area contributed by atoms with Crippen LogP contribution in [0, 0.1) is 30.1 Å². The van der Waals surface area contributed by atoms with Gasteiger partial charge < -0.3 is 10.2 Å². The molecule has 1 aromatic rings. The molecular weight excluding hydrogens is 436 g/mol. The van der Waals surface area contributed by atoms with Crippen LogP contribution in [0.5, 0.6) is 0 Å². The monoisotopic (exact) mass is 482 g/mol. The summed E-state index contributed by atoms with van der Waals surface area (Å²) in [6.07, 6.45) is 4.34. The third-order valence-electron chi connectivity index (χ3n) is 7.23. The molecule has 0 fully saturated rings. The maximum Gasteiger partial charge on any atom is 0.183 e. The number of Topliss-reactive ketones (excluding diaryl/α,β-unsaturated/α-hetero) is 2. The van der Waals surface area contributed by atoms with Gasteiger partial charge in [-0.25, -0.2) is 0 Å². The van der Waals surface area contributed by atoms with E-state index >= 15 is 0 Å². The largest absolute Gasteiger partial charge is 0.511 e. The third-order valence-corrected chi connectivity index (χ3v) is 7.23. The van der Waals surface area contributed by atoms with Gasteiger partial charge in [0, 0.05) is 12.0 Å². The summed E-state index contributed by atoms with van der Waals surface area (Å²) < 4.78 is 0. The zero-order chi connectivity index (χ0) is 26.3. The number of carbonyl (C=O) groups excluding carboxylic acids is 2. The fourth-order valence-electron chi connectivity index (χ4n) is 4.73. The molecule has 2 rings (SSSR count). The molecule has 1 aromatic carbocycles. The Hall–Kier alpha value is -2.36. The quantitative estimate of drug-likeness (QED) is 0.279. The van der Waals surface area contributed by atoms with E-state index in [9.17, 15) is 19.8 Å². The number of hydrogen-bond donors (Lipinski definition) is 2. The third kappa shape index (κ3) is 7.32. The summed E-state index contributed by atoms with van der Waals surface area (Å²) >= 11 is 0. The standard InChI is InChI=1S/C31H46O4/c1-20(2)8-14-25-28(33)27(26(32)15-13-24-11-9-23(7)10-12-24)30(35)31(29(25)34,18-16-21(3)4)19-17-22(5)6/h9-12,20-22,33-34H,8,13-19H2,1-7H3. The number of benzene rings is 1. The van der Waals surface area contributed by atoms with E-state index in [2.05, 4.69) is 41.5 Å². The molecule has 0 aromatic heterocycles. The Bertz CT molecular complexity index is 933. The number of aliphatic hydroxyl groups excluding tert-OH is 2. The van der Waals surface area contributed by atoms with Crippen LogP contribution in [0.3, 0.4) is 0 Å². The Morgan fingerprint density at radius 1 is 0.829 bits per heavy atom. The summed E-state index contributed by atoms with van der Waals surface area (Å²) in [6, 6.07) is 8.01. The number of rotatable bonds is 13. The van der Waals surface area contributed by atoms with Gasteiger partial charge in [0.15, 0.2) is 11.6 Å². The van der Waals surface area contributed by atoms with E-state index in [0.29, 0.717) is 49.0 Å². The lowest BCUT2D eigenvalue weighted by atomic mass is 9.64. The molecule has 0 spiro atoms. The first-order chi connectivity index (χ1) is 16.4. The molecule has 2 N–H and O–H groups in total. The van der Waals surface area contributed by atoms with Gasteiger partial charge >= 0.3 is 0 Å². The van der Waals surface area contributed by atoms with Gasteiger partial charge in [-0.05, 0) is 75.2 Å². The highest BCUT2D eigenvalue weighted by molar-refractivity contribution is 6.24. The molecule has 0 saturated carbocycles. The van der Waals surface area contributed by atoms with Gasteiger partial charge in [-0.3, -0.25) is 9.59 Å². The average Bonchev–Trinajstić information content (AvgIpc) is 2.78. The molecule has 194 valence electrons. The lowest BCUT2D eigenvalue weighted by Crippen LogP contribution is -2.41. The van der Waals surface area contributed by atoms with Crippen molar-refractivity contribution in [3.05, 3.63) is 58.1 Å². The van der Waals surface area contributed by atoms with Crippen LogP contribution < -0.4 is 0 Å². The molecule has 4 heteroatoms. The molecule has 1 aliphatic carbocycles. The van der Waals surface area contributed by atoms with E-state index in [1.165, 1.54) is 0 Å². The van der Waals surface area contributed by atoms with Crippen molar-refractivity contribution < 1.29 is 19.8 Å². The van der Waals surface area contributed by atoms with E-state index in [4.69, 9.17) is 0 Å². The van der Waals surface area contributed by atoms with Gasteiger partial charge in [0.2, 0.25) is 0 Å². The highest BCUT2D eigenvalue weighted by atomic mass is 16.3. The molecule has 0 saturated heterocycles. The minimum Gasteiger partial charge on any atom is -0.511 e. The number of hydrogen-bond acceptors (Lipinski definition) is 4. The second kappa shape index (κ2) is 12.6.